The van der Waals surface area contributed by atoms with Gasteiger partial charge < -0.3 is 103 Å². The molecule has 22 heteroatoms. The summed E-state index contributed by atoms with van der Waals surface area (Å²) in [5.74, 6) is 9.92. The largest absolute Gasteiger partial charge is 0.508 e. The molecule has 2 aliphatic rings. The molecule has 0 amide bonds. The number of ketones is 1. The maximum Gasteiger partial charge on any atom is 0.203 e. The Bertz CT molecular complexity index is 5830. The number of hydrogen-bond acceptors (Lipinski definition) is 22. The maximum absolute atomic E-state index is 11.9. The van der Waals surface area contributed by atoms with E-state index in [1.807, 2.05) is 195 Å². The van der Waals surface area contributed by atoms with Gasteiger partial charge in [-0.05, 0) is 183 Å². The zero-order valence-corrected chi connectivity index (χ0v) is 74.5. The van der Waals surface area contributed by atoms with Crippen LogP contribution < -0.4 is 56.8 Å². The van der Waals surface area contributed by atoms with Gasteiger partial charge in [-0.1, -0.05) is 194 Å². The number of aromatic hydroxyl groups is 7. The van der Waals surface area contributed by atoms with Crippen molar-refractivity contribution in [2.75, 3.05) is 81.8 Å². The number of carbonyl (C=O) groups excluding carboxylic acids is 1. The van der Waals surface area contributed by atoms with E-state index in [9.17, 15) is 50.8 Å². The minimum absolute atomic E-state index is 0.00756. The van der Waals surface area contributed by atoms with Gasteiger partial charge in [0.1, 0.15) is 123 Å². The normalized spacial score (nSPS) is 12.3. The van der Waals surface area contributed by atoms with Gasteiger partial charge >= 0.3 is 0 Å². The summed E-state index contributed by atoms with van der Waals surface area (Å²) in [5, 5.41) is 88.0. The van der Waals surface area contributed by atoms with E-state index >= 15 is 0 Å². The molecule has 2 saturated carbocycles. The van der Waals surface area contributed by atoms with Crippen LogP contribution >= 0.6 is 0 Å². The van der Waals surface area contributed by atoms with Crippen LogP contribution in [-0.4, -0.2) is 134 Å². The minimum Gasteiger partial charge on any atom is -0.508 e. The van der Waals surface area contributed by atoms with Crippen molar-refractivity contribution in [3.8, 4) is 109 Å². The number of carbonyl (C=O) groups is 1. The summed E-state index contributed by atoms with van der Waals surface area (Å²) in [6.45, 7) is 6.27. The molecule has 2 aliphatic carbocycles. The highest BCUT2D eigenvalue weighted by Crippen LogP contribution is 2.53. The Balaban J connectivity index is 0.000000159. The summed E-state index contributed by atoms with van der Waals surface area (Å²) in [5.41, 5.74) is 7.10. The Labute approximate surface area is 765 Å². The molecule has 0 saturated heterocycles. The molecule has 2 unspecified atom stereocenters. The van der Waals surface area contributed by atoms with E-state index in [-0.39, 0.29) is 59.2 Å². The number of para-hydroxylation sites is 11. The number of aryl methyl sites for hydroxylation is 2. The van der Waals surface area contributed by atoms with Gasteiger partial charge in [-0.25, -0.2) is 0 Å². The Kier molecular flexibility index (Phi) is 38.2. The highest BCUT2D eigenvalue weighted by Gasteiger charge is 2.48. The van der Waals surface area contributed by atoms with Crippen LogP contribution in [0.1, 0.15) is 92.8 Å². The first-order valence-corrected chi connectivity index (χ1v) is 42.7. The molecule has 14 aromatic rings. The summed E-state index contributed by atoms with van der Waals surface area (Å²) in [6.07, 6.45) is 3.86. The van der Waals surface area contributed by atoms with Gasteiger partial charge in [0.15, 0.2) is 18.1 Å². The second kappa shape index (κ2) is 51.0. The van der Waals surface area contributed by atoms with Crippen LogP contribution in [-0.2, 0) is 23.7 Å². The standard InChI is InChI=1S/C17H18O3.C17H18O2.C15H16O4.C15H14O4.3C15H16O3/c1-19-13-5-4-6-14(11-13)20-12-17(9-10-17)15-7-2-3-8-16(15)18;1-13-6-2-5-9-16(13)19-12-17(10-11-17)14-7-3-4-8-15(14)18;2*1-18-11-5-4-6-12(9-11)19-10-15(17)13-7-2-3-8-14(13)16;1-11-6-2-5-9-15(11)18-10-14(17)12-7-3-4-8-13(12)16;1-17-14-8-4-5-9-15(14)18-11-10-12-6-2-3-7-13(12)16;1-17-13-6-4-7-14(11-13)18-10-9-12-5-2-3-8-15(12)16/h2-8,11,18H,9-10,12H2,1H3;2-9,18H,10-12H2,1H3;2-9,15-17H,10H2,1H3;2-9,16H,10H2,1H3;2-9,14,16-17H,10H2,1H3;2-9,16H,10-11H2,1H3;2-8,11,16H,9-10H2,1H3. The summed E-state index contributed by atoms with van der Waals surface area (Å²) >= 11 is 0. The van der Waals surface area contributed by atoms with Crippen LogP contribution in [0.15, 0.2) is 340 Å². The van der Waals surface area contributed by atoms with E-state index in [1.165, 1.54) is 12.1 Å². The number of aliphatic hydroxyl groups excluding tert-OH is 2. The van der Waals surface area contributed by atoms with Gasteiger partial charge in [0, 0.05) is 70.2 Å². The van der Waals surface area contributed by atoms with Crippen molar-refractivity contribution in [1.29, 1.82) is 0 Å². The minimum atomic E-state index is -0.882. The van der Waals surface area contributed by atoms with Gasteiger partial charge in [0.25, 0.3) is 0 Å². The average Bonchev–Trinajstić information content (AvgIpc) is 1.62. The molecule has 0 aromatic heterocycles. The topological polar surface area (TPSA) is 310 Å². The van der Waals surface area contributed by atoms with Crippen molar-refractivity contribution in [3.05, 3.63) is 390 Å². The Morgan fingerprint density at radius 1 is 0.290 bits per heavy atom. The van der Waals surface area contributed by atoms with Crippen molar-refractivity contribution in [3.63, 3.8) is 0 Å². The molecule has 131 heavy (non-hydrogen) atoms. The highest BCUT2D eigenvalue weighted by molar-refractivity contribution is 5.99. The van der Waals surface area contributed by atoms with Crippen LogP contribution in [0.3, 0.4) is 0 Å². The Morgan fingerprint density at radius 3 is 1.03 bits per heavy atom. The van der Waals surface area contributed by atoms with Gasteiger partial charge in [-0.3, -0.25) is 4.79 Å². The monoisotopic (exact) mass is 1770 g/mol. The molecule has 0 bridgehead atoms. The van der Waals surface area contributed by atoms with Crippen LogP contribution in [0.25, 0.3) is 0 Å². The molecule has 0 heterocycles. The number of Topliss-reactive ketones (excluding diaryl/α,β-unsaturated/α-hetero) is 1. The lowest BCUT2D eigenvalue weighted by atomic mass is 9.96. The number of methoxy groups -OCH3 is 5. The van der Waals surface area contributed by atoms with Crippen molar-refractivity contribution in [2.45, 2.75) is 75.4 Å². The van der Waals surface area contributed by atoms with Crippen molar-refractivity contribution in [2.24, 2.45) is 0 Å². The van der Waals surface area contributed by atoms with Gasteiger partial charge in [-0.15, -0.1) is 0 Å². The van der Waals surface area contributed by atoms with Crippen LogP contribution in [0, 0.1) is 13.8 Å². The summed E-state index contributed by atoms with van der Waals surface area (Å²) in [4.78, 5) is 11.9. The Hall–Kier alpha value is -15.1. The van der Waals surface area contributed by atoms with Crippen molar-refractivity contribution >= 4 is 5.78 Å². The second-order valence-electron chi connectivity index (χ2n) is 30.5. The van der Waals surface area contributed by atoms with Crippen molar-refractivity contribution in [1.82, 2.24) is 0 Å². The summed E-state index contributed by atoms with van der Waals surface area (Å²) in [7, 11) is 8.03. The maximum atomic E-state index is 11.9. The molecule has 22 nitrogen and oxygen atoms in total. The SMILES string of the molecule is COc1cccc(OCC(=O)c2ccccc2O)c1.COc1cccc(OCC(O)c2ccccc2O)c1.COc1cccc(OCC2(c3ccccc3O)CC2)c1.COc1cccc(OCCc2ccccc2O)c1.COc1ccccc1OCCc1ccccc1O.Cc1ccccc1OCC(O)c1ccccc1O.Cc1ccccc1OCC1(c2ccccc2O)CC1. The van der Waals surface area contributed by atoms with E-state index < -0.39 is 12.2 Å². The zero-order valence-electron chi connectivity index (χ0n) is 74.5. The third-order valence-corrected chi connectivity index (χ3v) is 21.3. The highest BCUT2D eigenvalue weighted by atomic mass is 16.5. The second-order valence-corrected chi connectivity index (χ2v) is 30.5. The molecule has 9 N–H and O–H groups in total. The van der Waals surface area contributed by atoms with Crippen LogP contribution in [0.5, 0.6) is 109 Å². The molecule has 682 valence electrons. The molecule has 2 fully saturated rings. The molecular weight excluding hydrogens is 1660 g/mol. The number of phenols is 7. The summed E-state index contributed by atoms with van der Waals surface area (Å²) < 4.78 is 65.2. The van der Waals surface area contributed by atoms with Gasteiger partial charge in [-0.2, -0.15) is 0 Å². The smallest absolute Gasteiger partial charge is 0.203 e. The summed E-state index contributed by atoms with van der Waals surface area (Å²) in [6, 6.07) is 102. The molecule has 16 rings (SSSR count). The van der Waals surface area contributed by atoms with Crippen LogP contribution in [0.2, 0.25) is 0 Å². The average molecular weight is 1780 g/mol. The first-order valence-electron chi connectivity index (χ1n) is 42.7. The predicted octanol–water partition coefficient (Wildman–Crippen LogP) is 21.4. The lowest BCUT2D eigenvalue weighted by molar-refractivity contribution is 0.0918. The first-order chi connectivity index (χ1) is 63.6. The third-order valence-electron chi connectivity index (χ3n) is 21.3. The number of hydrogen-bond donors (Lipinski definition) is 9. The fourth-order valence-electron chi connectivity index (χ4n) is 13.5. The number of rotatable bonds is 33. The fourth-order valence-corrected chi connectivity index (χ4v) is 13.5. The van der Waals surface area contributed by atoms with Crippen LogP contribution in [0.4, 0.5) is 0 Å². The van der Waals surface area contributed by atoms with E-state index in [1.54, 1.807) is 169 Å². The molecule has 0 radical (unpaired) electrons. The number of phenolic OH excluding ortho intramolecular Hbond substituents is 7. The molecule has 14 aromatic carbocycles. The lowest BCUT2D eigenvalue weighted by Gasteiger charge is -2.18. The molecule has 0 spiro atoms. The van der Waals surface area contributed by atoms with E-state index in [4.69, 9.17) is 56.8 Å². The Morgan fingerprint density at radius 2 is 0.618 bits per heavy atom. The lowest BCUT2D eigenvalue weighted by Crippen LogP contribution is -2.18. The van der Waals surface area contributed by atoms with E-state index in [0.717, 1.165) is 105 Å². The molecular formula is C109H114O22. The molecule has 0 aliphatic heterocycles. The number of aliphatic hydroxyl groups is 2. The predicted molar refractivity (Wildman–Crippen MR) is 506 cm³/mol. The van der Waals surface area contributed by atoms with Crippen molar-refractivity contribution < 1.29 is 108 Å². The first kappa shape index (κ1) is 98.1. The number of benzene rings is 14. The van der Waals surface area contributed by atoms with Gasteiger partial charge in [0.2, 0.25) is 5.78 Å². The fraction of sp³-hybridized carbons (Fsp3) is 0.220. The quantitative estimate of drug-likeness (QED) is 0.0173. The van der Waals surface area contributed by atoms with Gasteiger partial charge in [0.05, 0.1) is 67.5 Å². The van der Waals surface area contributed by atoms with E-state index in [0.29, 0.717) is 96.4 Å². The molecule has 2 atom stereocenters. The zero-order chi connectivity index (χ0) is 93.2. The van der Waals surface area contributed by atoms with E-state index in [2.05, 4.69) is 13.0 Å². The number of ether oxygens (including phenoxy) is 12. The third kappa shape index (κ3) is 30.8.